The third-order valence-electron chi connectivity index (χ3n) is 2.48. The van der Waals surface area contributed by atoms with Crippen LogP contribution in [0.25, 0.3) is 5.82 Å². The Hall–Kier alpha value is -1.61. The zero-order chi connectivity index (χ0) is 10.8. The number of aliphatic hydroxyl groups excluding tert-OH is 1. The predicted octanol–water partition coefficient (Wildman–Crippen LogP) is 1.98. The van der Waals surface area contributed by atoms with E-state index in [1.54, 1.807) is 6.20 Å². The van der Waals surface area contributed by atoms with Crippen LogP contribution < -0.4 is 0 Å². The third-order valence-corrected chi connectivity index (χ3v) is 2.48. The molecule has 15 heavy (non-hydrogen) atoms. The normalized spacial score (nSPS) is 10.6. The second kappa shape index (κ2) is 3.87. The molecule has 0 amide bonds. The molecule has 0 aliphatic heterocycles. The van der Waals surface area contributed by atoms with E-state index >= 15 is 0 Å². The first-order valence-electron chi connectivity index (χ1n) is 4.92. The molecule has 0 fully saturated rings. The first-order chi connectivity index (χ1) is 7.20. The average Bonchev–Trinajstić information content (AvgIpc) is 2.66. The van der Waals surface area contributed by atoms with Gasteiger partial charge < -0.3 is 9.67 Å². The lowest BCUT2D eigenvalue weighted by atomic mass is 10.2. The first-order valence-corrected chi connectivity index (χ1v) is 4.92. The number of pyridine rings is 1. The molecule has 0 aliphatic carbocycles. The molecule has 0 radical (unpaired) electrons. The Labute approximate surface area is 89.0 Å². The van der Waals surface area contributed by atoms with Crippen LogP contribution in [0.4, 0.5) is 0 Å². The smallest absolute Gasteiger partial charge is 0.136 e. The number of hydrogen-bond donors (Lipinski definition) is 1. The van der Waals surface area contributed by atoms with E-state index in [1.807, 2.05) is 42.9 Å². The lowest BCUT2D eigenvalue weighted by Gasteiger charge is -2.06. The summed E-state index contributed by atoms with van der Waals surface area (Å²) < 4.78 is 1.95. The molecule has 0 atom stereocenters. The van der Waals surface area contributed by atoms with Gasteiger partial charge in [0.05, 0.1) is 6.61 Å². The van der Waals surface area contributed by atoms with E-state index in [9.17, 15) is 0 Å². The Bertz CT molecular complexity index is 474. The standard InChI is InChI=1S/C12H14N2O/c1-9-3-4-14(7-9)12-5-11(8-15)10(2)6-13-12/h3-7,15H,8H2,1-2H3. The van der Waals surface area contributed by atoms with E-state index in [4.69, 9.17) is 5.11 Å². The molecular formula is C12H14N2O. The zero-order valence-electron chi connectivity index (χ0n) is 8.94. The fourth-order valence-electron chi connectivity index (χ4n) is 1.51. The van der Waals surface area contributed by atoms with E-state index in [-0.39, 0.29) is 6.61 Å². The zero-order valence-corrected chi connectivity index (χ0v) is 8.94. The molecule has 0 aromatic carbocycles. The molecular weight excluding hydrogens is 188 g/mol. The van der Waals surface area contributed by atoms with Crippen molar-refractivity contribution in [1.82, 2.24) is 9.55 Å². The summed E-state index contributed by atoms with van der Waals surface area (Å²) in [7, 11) is 0. The van der Waals surface area contributed by atoms with Gasteiger partial charge in [-0.2, -0.15) is 0 Å². The van der Waals surface area contributed by atoms with E-state index in [1.165, 1.54) is 5.56 Å². The number of rotatable bonds is 2. The summed E-state index contributed by atoms with van der Waals surface area (Å²) in [6.45, 7) is 4.04. The maximum absolute atomic E-state index is 9.16. The summed E-state index contributed by atoms with van der Waals surface area (Å²) in [4.78, 5) is 4.32. The molecule has 0 saturated heterocycles. The summed E-state index contributed by atoms with van der Waals surface area (Å²) in [5.41, 5.74) is 3.14. The second-order valence-electron chi connectivity index (χ2n) is 3.72. The van der Waals surface area contributed by atoms with Crippen LogP contribution in [0.3, 0.4) is 0 Å². The van der Waals surface area contributed by atoms with Gasteiger partial charge in [-0.1, -0.05) is 0 Å². The van der Waals surface area contributed by atoms with Gasteiger partial charge in [0.2, 0.25) is 0 Å². The van der Waals surface area contributed by atoms with Crippen molar-refractivity contribution in [3.05, 3.63) is 47.4 Å². The maximum Gasteiger partial charge on any atom is 0.136 e. The molecule has 2 aromatic rings. The van der Waals surface area contributed by atoms with Gasteiger partial charge in [-0.15, -0.1) is 0 Å². The van der Waals surface area contributed by atoms with Gasteiger partial charge in [-0.3, -0.25) is 0 Å². The molecule has 0 saturated carbocycles. The molecule has 78 valence electrons. The van der Waals surface area contributed by atoms with Gasteiger partial charge >= 0.3 is 0 Å². The summed E-state index contributed by atoms with van der Waals surface area (Å²) in [6.07, 6.45) is 5.77. The van der Waals surface area contributed by atoms with E-state index in [0.717, 1.165) is 16.9 Å². The van der Waals surface area contributed by atoms with Crippen molar-refractivity contribution in [2.24, 2.45) is 0 Å². The Morgan fingerprint density at radius 3 is 2.80 bits per heavy atom. The van der Waals surface area contributed by atoms with Crippen molar-refractivity contribution >= 4 is 0 Å². The van der Waals surface area contributed by atoms with Crippen LogP contribution in [0.15, 0.2) is 30.7 Å². The minimum absolute atomic E-state index is 0.0571. The average molecular weight is 202 g/mol. The Morgan fingerprint density at radius 1 is 1.40 bits per heavy atom. The SMILES string of the molecule is Cc1ccn(-c2cc(CO)c(C)cn2)c1. The van der Waals surface area contributed by atoms with Crippen LogP contribution in [0.1, 0.15) is 16.7 Å². The van der Waals surface area contributed by atoms with E-state index in [2.05, 4.69) is 4.98 Å². The Balaban J connectivity index is 2.45. The monoisotopic (exact) mass is 202 g/mol. The fourth-order valence-corrected chi connectivity index (χ4v) is 1.51. The molecule has 0 bridgehead atoms. The summed E-state index contributed by atoms with van der Waals surface area (Å²) in [5, 5.41) is 9.16. The van der Waals surface area contributed by atoms with Crippen LogP contribution in [0.2, 0.25) is 0 Å². The molecule has 3 heteroatoms. The van der Waals surface area contributed by atoms with Crippen molar-refractivity contribution < 1.29 is 5.11 Å². The first kappa shape index (κ1) is 9.93. The van der Waals surface area contributed by atoms with Gasteiger partial charge in [0.1, 0.15) is 5.82 Å². The van der Waals surface area contributed by atoms with Crippen LogP contribution in [0.5, 0.6) is 0 Å². The van der Waals surface area contributed by atoms with Crippen molar-refractivity contribution in [2.45, 2.75) is 20.5 Å². The number of aromatic nitrogens is 2. The minimum Gasteiger partial charge on any atom is -0.392 e. The number of aryl methyl sites for hydroxylation is 2. The second-order valence-corrected chi connectivity index (χ2v) is 3.72. The Kier molecular flexibility index (Phi) is 2.56. The van der Waals surface area contributed by atoms with Gasteiger partial charge in [0.15, 0.2) is 0 Å². The van der Waals surface area contributed by atoms with Crippen molar-refractivity contribution in [3.8, 4) is 5.82 Å². The number of nitrogens with zero attached hydrogens (tertiary/aromatic N) is 2. The molecule has 0 unspecified atom stereocenters. The molecule has 2 rings (SSSR count). The van der Waals surface area contributed by atoms with Crippen LogP contribution >= 0.6 is 0 Å². The minimum atomic E-state index is 0.0571. The quantitative estimate of drug-likeness (QED) is 0.808. The van der Waals surface area contributed by atoms with Gasteiger partial charge in [-0.25, -0.2) is 4.98 Å². The maximum atomic E-state index is 9.16. The molecule has 2 aromatic heterocycles. The lowest BCUT2D eigenvalue weighted by molar-refractivity contribution is 0.281. The summed E-state index contributed by atoms with van der Waals surface area (Å²) >= 11 is 0. The van der Waals surface area contributed by atoms with Gasteiger partial charge in [0, 0.05) is 18.6 Å². The number of hydrogen-bond acceptors (Lipinski definition) is 2. The third kappa shape index (κ3) is 1.92. The molecule has 0 aliphatic rings. The van der Waals surface area contributed by atoms with Gasteiger partial charge in [-0.05, 0) is 42.7 Å². The topological polar surface area (TPSA) is 38.0 Å². The highest BCUT2D eigenvalue weighted by Crippen LogP contribution is 2.13. The van der Waals surface area contributed by atoms with Crippen molar-refractivity contribution in [3.63, 3.8) is 0 Å². The van der Waals surface area contributed by atoms with Crippen molar-refractivity contribution in [2.75, 3.05) is 0 Å². The molecule has 3 nitrogen and oxygen atoms in total. The highest BCUT2D eigenvalue weighted by atomic mass is 16.3. The van der Waals surface area contributed by atoms with E-state index in [0.29, 0.717) is 0 Å². The molecule has 1 N–H and O–H groups in total. The van der Waals surface area contributed by atoms with Crippen LogP contribution in [0, 0.1) is 13.8 Å². The van der Waals surface area contributed by atoms with Gasteiger partial charge in [0.25, 0.3) is 0 Å². The highest BCUT2D eigenvalue weighted by Gasteiger charge is 2.02. The predicted molar refractivity (Wildman–Crippen MR) is 59.0 cm³/mol. The molecule has 0 spiro atoms. The van der Waals surface area contributed by atoms with Crippen LogP contribution in [-0.2, 0) is 6.61 Å². The Morgan fingerprint density at radius 2 is 2.20 bits per heavy atom. The van der Waals surface area contributed by atoms with Crippen molar-refractivity contribution in [1.29, 1.82) is 0 Å². The highest BCUT2D eigenvalue weighted by molar-refractivity contribution is 5.34. The largest absolute Gasteiger partial charge is 0.392 e. The van der Waals surface area contributed by atoms with Crippen LogP contribution in [-0.4, -0.2) is 14.7 Å². The number of aliphatic hydroxyl groups is 1. The summed E-state index contributed by atoms with van der Waals surface area (Å²) in [6, 6.07) is 3.94. The fraction of sp³-hybridized carbons (Fsp3) is 0.250. The molecule has 2 heterocycles. The lowest BCUT2D eigenvalue weighted by Crippen LogP contribution is -1.98. The van der Waals surface area contributed by atoms with E-state index < -0.39 is 0 Å². The summed E-state index contributed by atoms with van der Waals surface area (Å²) in [5.74, 6) is 0.845.